The Labute approximate surface area is 176 Å². The van der Waals surface area contributed by atoms with E-state index in [9.17, 15) is 9.18 Å². The summed E-state index contributed by atoms with van der Waals surface area (Å²) in [6.07, 6.45) is 1.92. The molecule has 1 saturated heterocycles. The molecular formula is C25H25FN2O2. The second kappa shape index (κ2) is 8.66. The minimum atomic E-state index is -0.247. The van der Waals surface area contributed by atoms with Gasteiger partial charge in [0.15, 0.2) is 0 Å². The van der Waals surface area contributed by atoms with Crippen molar-refractivity contribution in [2.75, 3.05) is 20.2 Å². The van der Waals surface area contributed by atoms with Gasteiger partial charge in [-0.2, -0.15) is 0 Å². The predicted octanol–water partition coefficient (Wildman–Crippen LogP) is 5.22. The lowest BCUT2D eigenvalue weighted by atomic mass is 9.92. The Morgan fingerprint density at radius 3 is 2.67 bits per heavy atom. The second-order valence-corrected chi connectivity index (χ2v) is 7.75. The summed E-state index contributed by atoms with van der Waals surface area (Å²) in [6, 6.07) is 17.9. The number of halogens is 1. The molecule has 0 N–H and O–H groups in total. The van der Waals surface area contributed by atoms with Crippen molar-refractivity contribution in [3.8, 4) is 16.9 Å². The minimum Gasteiger partial charge on any atom is -0.497 e. The Morgan fingerprint density at radius 2 is 1.90 bits per heavy atom. The molecule has 2 aromatic carbocycles. The summed E-state index contributed by atoms with van der Waals surface area (Å²) in [4.78, 5) is 19.7. The van der Waals surface area contributed by atoms with E-state index in [1.54, 1.807) is 25.3 Å². The molecule has 3 aromatic rings. The number of rotatable bonds is 4. The van der Waals surface area contributed by atoms with Crippen molar-refractivity contribution in [3.63, 3.8) is 0 Å². The number of ether oxygens (including phenoxy) is 1. The summed E-state index contributed by atoms with van der Waals surface area (Å²) in [5, 5.41) is 0. The van der Waals surface area contributed by atoms with Crippen molar-refractivity contribution >= 4 is 5.91 Å². The van der Waals surface area contributed by atoms with E-state index in [-0.39, 0.29) is 17.6 Å². The van der Waals surface area contributed by atoms with E-state index in [1.807, 2.05) is 36.1 Å². The molecule has 30 heavy (non-hydrogen) atoms. The normalized spacial score (nSPS) is 16.4. The van der Waals surface area contributed by atoms with Crippen LogP contribution < -0.4 is 4.74 Å². The van der Waals surface area contributed by atoms with Gasteiger partial charge in [-0.3, -0.25) is 9.78 Å². The Kier molecular flexibility index (Phi) is 5.79. The maximum atomic E-state index is 13.3. The van der Waals surface area contributed by atoms with E-state index in [1.165, 1.54) is 12.1 Å². The predicted molar refractivity (Wildman–Crippen MR) is 115 cm³/mol. The second-order valence-electron chi connectivity index (χ2n) is 7.75. The number of methoxy groups -OCH3 is 1. The first-order valence-electron chi connectivity index (χ1n) is 10.2. The number of likely N-dealkylation sites (tertiary alicyclic amines) is 1. The smallest absolute Gasteiger partial charge is 0.254 e. The summed E-state index contributed by atoms with van der Waals surface area (Å²) >= 11 is 0. The lowest BCUT2D eigenvalue weighted by Gasteiger charge is -2.33. The number of carbonyl (C=O) groups excluding carboxylic acids is 1. The Balaban J connectivity index is 1.57. The van der Waals surface area contributed by atoms with Crippen molar-refractivity contribution in [1.82, 2.24) is 9.88 Å². The van der Waals surface area contributed by atoms with Crippen LogP contribution in [0.15, 0.2) is 60.7 Å². The van der Waals surface area contributed by atoms with Crippen molar-refractivity contribution in [2.24, 2.45) is 0 Å². The van der Waals surface area contributed by atoms with Crippen LogP contribution in [0.4, 0.5) is 4.39 Å². The largest absolute Gasteiger partial charge is 0.497 e. The lowest BCUT2D eigenvalue weighted by molar-refractivity contribution is 0.0705. The third-order valence-corrected chi connectivity index (χ3v) is 5.59. The Bertz CT molecular complexity index is 1050. The third kappa shape index (κ3) is 4.35. The molecule has 4 nitrogen and oxygen atoms in total. The fourth-order valence-electron chi connectivity index (χ4n) is 4.05. The quantitative estimate of drug-likeness (QED) is 0.598. The first-order chi connectivity index (χ1) is 14.5. The number of carbonyl (C=O) groups is 1. The number of aromatic nitrogens is 1. The average molecular weight is 404 g/mol. The zero-order valence-corrected chi connectivity index (χ0v) is 17.3. The van der Waals surface area contributed by atoms with Crippen molar-refractivity contribution < 1.29 is 13.9 Å². The van der Waals surface area contributed by atoms with E-state index >= 15 is 0 Å². The van der Waals surface area contributed by atoms with Crippen LogP contribution in [0.1, 0.15) is 40.5 Å². The van der Waals surface area contributed by atoms with Crippen molar-refractivity contribution in [1.29, 1.82) is 0 Å². The molecule has 0 aliphatic carbocycles. The van der Waals surface area contributed by atoms with Crippen molar-refractivity contribution in [3.05, 3.63) is 83.4 Å². The van der Waals surface area contributed by atoms with Gasteiger partial charge in [-0.1, -0.05) is 18.2 Å². The molecule has 0 spiro atoms. The number of aryl methyl sites for hydroxylation is 1. The Morgan fingerprint density at radius 1 is 1.10 bits per heavy atom. The molecule has 1 atom stereocenters. The van der Waals surface area contributed by atoms with E-state index in [0.29, 0.717) is 17.9 Å². The monoisotopic (exact) mass is 404 g/mol. The summed E-state index contributed by atoms with van der Waals surface area (Å²) in [7, 11) is 1.60. The molecule has 0 radical (unpaired) electrons. The van der Waals surface area contributed by atoms with Gasteiger partial charge in [0.25, 0.3) is 5.91 Å². The van der Waals surface area contributed by atoms with Crippen molar-refractivity contribution in [2.45, 2.75) is 25.7 Å². The fourth-order valence-corrected chi connectivity index (χ4v) is 4.05. The molecule has 1 aromatic heterocycles. The summed E-state index contributed by atoms with van der Waals surface area (Å²) < 4.78 is 18.6. The van der Waals surface area contributed by atoms with Gasteiger partial charge in [-0.15, -0.1) is 0 Å². The van der Waals surface area contributed by atoms with E-state index < -0.39 is 0 Å². The van der Waals surface area contributed by atoms with Crippen LogP contribution in [-0.4, -0.2) is 36.0 Å². The number of piperidine rings is 1. The minimum absolute atomic E-state index is 0.0185. The highest BCUT2D eigenvalue weighted by Gasteiger charge is 2.27. The zero-order valence-electron chi connectivity index (χ0n) is 17.3. The molecule has 4 rings (SSSR count). The number of benzene rings is 2. The summed E-state index contributed by atoms with van der Waals surface area (Å²) in [5.41, 5.74) is 4.52. The fraction of sp³-hybridized carbons (Fsp3) is 0.280. The van der Waals surface area contributed by atoms with Gasteiger partial charge >= 0.3 is 0 Å². The number of amides is 1. The van der Waals surface area contributed by atoms with Crippen LogP contribution in [0.25, 0.3) is 11.1 Å². The van der Waals surface area contributed by atoms with Gasteiger partial charge in [0, 0.05) is 36.0 Å². The molecule has 0 saturated carbocycles. The van der Waals surface area contributed by atoms with E-state index in [4.69, 9.17) is 9.72 Å². The van der Waals surface area contributed by atoms with Gasteiger partial charge in [-0.25, -0.2) is 4.39 Å². The van der Waals surface area contributed by atoms with Gasteiger partial charge in [0.1, 0.15) is 11.6 Å². The highest BCUT2D eigenvalue weighted by molar-refractivity contribution is 5.94. The van der Waals surface area contributed by atoms with Gasteiger partial charge in [-0.05, 0) is 73.4 Å². The van der Waals surface area contributed by atoms with Crippen LogP contribution in [0, 0.1) is 12.7 Å². The summed E-state index contributed by atoms with van der Waals surface area (Å²) in [6.45, 7) is 3.34. The molecular weight excluding hydrogens is 379 g/mol. The lowest BCUT2D eigenvalue weighted by Crippen LogP contribution is -2.39. The average Bonchev–Trinajstić information content (AvgIpc) is 2.78. The molecule has 154 valence electrons. The number of hydrogen-bond donors (Lipinski definition) is 0. The molecule has 5 heteroatoms. The van der Waals surface area contributed by atoms with Gasteiger partial charge in [0.2, 0.25) is 0 Å². The van der Waals surface area contributed by atoms with Gasteiger partial charge in [0.05, 0.1) is 7.11 Å². The zero-order chi connectivity index (χ0) is 21.1. The molecule has 1 amide bonds. The molecule has 0 bridgehead atoms. The molecule has 1 aliphatic rings. The molecule has 1 fully saturated rings. The third-order valence-electron chi connectivity index (χ3n) is 5.59. The molecule has 0 unspecified atom stereocenters. The maximum Gasteiger partial charge on any atom is 0.254 e. The molecule has 2 heterocycles. The highest BCUT2D eigenvalue weighted by atomic mass is 19.1. The van der Waals surface area contributed by atoms with Crippen LogP contribution in [0.5, 0.6) is 5.75 Å². The van der Waals surface area contributed by atoms with E-state index in [0.717, 1.165) is 41.9 Å². The topological polar surface area (TPSA) is 42.4 Å². The standard InChI is InChI=1S/C25H25FN2O2/c1-17-13-21(18-8-10-22(26)11-9-18)15-24(27-17)20-6-4-12-28(16-20)25(29)19-5-3-7-23(14-19)30-2/h3,5,7-11,13-15,20H,4,6,12,16H2,1-2H3/t20-/m0/s1. The number of pyridine rings is 1. The van der Waals surface area contributed by atoms with Crippen LogP contribution >= 0.6 is 0 Å². The van der Waals surface area contributed by atoms with E-state index in [2.05, 4.69) is 6.07 Å². The summed E-state index contributed by atoms with van der Waals surface area (Å²) in [5.74, 6) is 0.625. The molecule has 1 aliphatic heterocycles. The first-order valence-corrected chi connectivity index (χ1v) is 10.2. The SMILES string of the molecule is COc1cccc(C(=O)N2CCC[C@H](c3cc(-c4ccc(F)cc4)cc(C)n3)C2)c1. The van der Waals surface area contributed by atoms with Gasteiger partial charge < -0.3 is 9.64 Å². The van der Waals surface area contributed by atoms with Crippen LogP contribution in [-0.2, 0) is 0 Å². The van der Waals surface area contributed by atoms with Crippen LogP contribution in [0.3, 0.4) is 0 Å². The first kappa shape index (κ1) is 20.1. The Hall–Kier alpha value is -3.21. The number of hydrogen-bond acceptors (Lipinski definition) is 3. The number of nitrogens with zero attached hydrogens (tertiary/aromatic N) is 2. The maximum absolute atomic E-state index is 13.3. The van der Waals surface area contributed by atoms with Crippen LogP contribution in [0.2, 0.25) is 0 Å². The highest BCUT2D eigenvalue weighted by Crippen LogP contribution is 2.30.